The Morgan fingerprint density at radius 2 is 1.83 bits per heavy atom. The van der Waals surface area contributed by atoms with Gasteiger partial charge in [-0.3, -0.25) is 0 Å². The molecule has 2 bridgehead atoms. The zero-order valence-corrected chi connectivity index (χ0v) is 18.4. The Morgan fingerprint density at radius 3 is 2.17 bits per heavy atom. The fourth-order valence-corrected chi connectivity index (χ4v) is 5.04. The minimum atomic E-state index is -3.49. The third-order valence-corrected chi connectivity index (χ3v) is 7.86. The molecule has 0 amide bonds. The number of hydrogen-bond donors (Lipinski definition) is 5. The van der Waals surface area contributed by atoms with Gasteiger partial charge in [0.1, 0.15) is 6.07 Å². The Balaban J connectivity index is 0.000000257. The lowest BCUT2D eigenvalue weighted by atomic mass is 9.41. The van der Waals surface area contributed by atoms with E-state index in [9.17, 15) is 18.6 Å². The molecule has 1 aromatic rings. The van der Waals surface area contributed by atoms with Gasteiger partial charge in [0.05, 0.1) is 26.7 Å². The van der Waals surface area contributed by atoms with Crippen molar-refractivity contribution < 1.29 is 28.7 Å². The number of fused-ring (bicyclic) bond motifs is 2. The third-order valence-electron chi connectivity index (χ3n) is 6.14. The van der Waals surface area contributed by atoms with E-state index in [0.717, 1.165) is 19.3 Å². The molecule has 0 aliphatic heterocycles. The molecule has 0 spiro atoms. The van der Waals surface area contributed by atoms with Crippen LogP contribution in [-0.4, -0.2) is 54.6 Å². The summed E-state index contributed by atoms with van der Waals surface area (Å²) in [7, 11) is -2.18. The van der Waals surface area contributed by atoms with Crippen LogP contribution >= 0.6 is 11.6 Å². The van der Waals surface area contributed by atoms with Crippen molar-refractivity contribution in [1.29, 1.82) is 5.26 Å². The first kappa shape index (κ1) is 25.9. The zero-order chi connectivity index (χ0) is 22.7. The smallest absolute Gasteiger partial charge is 0.429 e. The van der Waals surface area contributed by atoms with Crippen molar-refractivity contribution in [2.45, 2.75) is 56.1 Å². The van der Waals surface area contributed by atoms with Gasteiger partial charge in [0.25, 0.3) is 0 Å². The van der Waals surface area contributed by atoms with Gasteiger partial charge in [-0.1, -0.05) is 25.4 Å². The van der Waals surface area contributed by atoms with Crippen molar-refractivity contribution in [2.24, 2.45) is 11.3 Å². The van der Waals surface area contributed by atoms with Gasteiger partial charge in [-0.15, -0.1) is 0 Å². The highest BCUT2D eigenvalue weighted by molar-refractivity contribution is 7.89. The molecule has 3 aliphatic carbocycles. The Kier molecular flexibility index (Phi) is 8.30. The Hall–Kier alpha value is -1.19. The van der Waals surface area contributed by atoms with Gasteiger partial charge < -0.3 is 20.3 Å². The predicted octanol–water partition coefficient (Wildman–Crippen LogP) is 0.933. The van der Waals surface area contributed by atoms with Crippen molar-refractivity contribution in [3.8, 4) is 6.07 Å². The number of benzene rings is 1. The van der Waals surface area contributed by atoms with Crippen LogP contribution in [-0.2, 0) is 10.0 Å². The maximum absolute atomic E-state index is 11.3. The maximum Gasteiger partial charge on any atom is 0.482 e. The summed E-state index contributed by atoms with van der Waals surface area (Å²) in [6.45, 7) is 5.90. The average Bonchev–Trinajstić information content (AvgIpc) is 2.64. The Morgan fingerprint density at radius 1 is 1.28 bits per heavy atom. The SMILES string of the molecule is CC1(O)CCC2CC1(O)C2(C)C.CNS(=O)(=O)c1ccc(C#N)c(Cl)c1.O[B]O. The molecule has 11 heteroatoms. The van der Waals surface area contributed by atoms with E-state index < -0.39 is 21.2 Å². The summed E-state index contributed by atoms with van der Waals surface area (Å²) in [5.41, 5.74) is -1.54. The summed E-state index contributed by atoms with van der Waals surface area (Å²) in [6.07, 6.45) is 2.59. The van der Waals surface area contributed by atoms with Crippen LogP contribution in [0.1, 0.15) is 45.6 Å². The molecule has 3 atom stereocenters. The Bertz CT molecular complexity index is 862. The van der Waals surface area contributed by atoms with Crippen LogP contribution in [0, 0.1) is 22.7 Å². The molecule has 29 heavy (non-hydrogen) atoms. The summed E-state index contributed by atoms with van der Waals surface area (Å²) in [5.74, 6) is 0.614. The molecule has 3 fully saturated rings. The average molecular weight is 446 g/mol. The molecule has 3 unspecified atom stereocenters. The maximum atomic E-state index is 11.3. The standard InChI is InChI=1S/C10H18O2.C8H7ClN2O2S.BH2O2/c1-8(2)7-4-5-9(3,11)10(8,12)6-7;1-11-14(12,13)7-3-2-6(5-10)8(9)4-7;2-1-3/h7,11-12H,4-6H2,1-3H3;2-4,11H,1H3;2-3H. The number of nitrogens with zero attached hydrogens (tertiary/aromatic N) is 1. The molecule has 8 nitrogen and oxygen atoms in total. The van der Waals surface area contributed by atoms with E-state index in [-0.39, 0.29) is 28.6 Å². The summed E-state index contributed by atoms with van der Waals surface area (Å²) in [4.78, 5) is 0.0454. The fourth-order valence-electron chi connectivity index (χ4n) is 3.99. The molecule has 1 aromatic carbocycles. The molecular formula is C18H27BClN2O6S. The molecular weight excluding hydrogens is 419 g/mol. The number of nitriles is 1. The van der Waals surface area contributed by atoms with E-state index in [0.29, 0.717) is 5.92 Å². The number of aliphatic hydroxyl groups is 2. The first-order valence-electron chi connectivity index (χ1n) is 8.92. The minimum absolute atomic E-state index is 0. The lowest BCUT2D eigenvalue weighted by molar-refractivity contribution is -0.312. The lowest BCUT2D eigenvalue weighted by Crippen LogP contribution is -2.74. The lowest BCUT2D eigenvalue weighted by Gasteiger charge is -2.68. The van der Waals surface area contributed by atoms with Crippen LogP contribution in [0.2, 0.25) is 5.02 Å². The molecule has 1 radical (unpaired) electrons. The normalized spacial score (nSPS) is 29.0. The van der Waals surface area contributed by atoms with E-state index in [1.54, 1.807) is 6.92 Å². The van der Waals surface area contributed by atoms with Crippen molar-refractivity contribution >= 4 is 29.3 Å². The van der Waals surface area contributed by atoms with E-state index in [4.69, 9.17) is 26.9 Å². The van der Waals surface area contributed by atoms with E-state index in [1.165, 1.54) is 25.2 Å². The second-order valence-electron chi connectivity index (χ2n) is 7.87. The van der Waals surface area contributed by atoms with E-state index in [2.05, 4.69) is 18.6 Å². The summed E-state index contributed by atoms with van der Waals surface area (Å²) >= 11 is 5.68. The topological polar surface area (TPSA) is 151 Å². The van der Waals surface area contributed by atoms with Gasteiger partial charge in [0.15, 0.2) is 0 Å². The quantitative estimate of drug-likeness (QED) is 0.425. The second kappa shape index (κ2) is 9.31. The largest absolute Gasteiger partial charge is 0.482 e. The number of rotatable bonds is 2. The van der Waals surface area contributed by atoms with Gasteiger partial charge >= 0.3 is 7.69 Å². The molecule has 0 aromatic heterocycles. The number of halogens is 1. The van der Waals surface area contributed by atoms with Crippen molar-refractivity contribution in [2.75, 3.05) is 7.05 Å². The monoisotopic (exact) mass is 445 g/mol. The summed E-state index contributed by atoms with van der Waals surface area (Å²) in [6, 6.07) is 5.78. The summed E-state index contributed by atoms with van der Waals surface area (Å²) < 4.78 is 24.8. The minimum Gasteiger partial charge on any atom is -0.429 e. The van der Waals surface area contributed by atoms with Crippen LogP contribution in [0.25, 0.3) is 0 Å². The molecule has 3 saturated carbocycles. The molecule has 0 heterocycles. The van der Waals surface area contributed by atoms with E-state index >= 15 is 0 Å². The van der Waals surface area contributed by atoms with Gasteiger partial charge in [0, 0.05) is 0 Å². The molecule has 3 aliphatic rings. The van der Waals surface area contributed by atoms with Gasteiger partial charge in [-0.2, -0.15) is 5.26 Å². The second-order valence-corrected chi connectivity index (χ2v) is 10.2. The van der Waals surface area contributed by atoms with Crippen molar-refractivity contribution in [3.05, 3.63) is 28.8 Å². The van der Waals surface area contributed by atoms with Crippen LogP contribution in [0.15, 0.2) is 23.1 Å². The molecule has 161 valence electrons. The first-order chi connectivity index (χ1) is 13.2. The zero-order valence-electron chi connectivity index (χ0n) is 16.8. The predicted molar refractivity (Wildman–Crippen MR) is 109 cm³/mol. The highest BCUT2D eigenvalue weighted by Crippen LogP contribution is 2.65. The highest BCUT2D eigenvalue weighted by Gasteiger charge is 2.69. The molecule has 4 rings (SSSR count). The first-order valence-corrected chi connectivity index (χ1v) is 10.8. The number of sulfonamides is 1. The van der Waals surface area contributed by atoms with Crippen LogP contribution in [0.5, 0.6) is 0 Å². The molecule has 0 saturated heterocycles. The molecule has 5 N–H and O–H groups in total. The Labute approximate surface area is 177 Å². The number of nitrogens with one attached hydrogen (secondary N) is 1. The van der Waals surface area contributed by atoms with Crippen molar-refractivity contribution in [1.82, 2.24) is 4.72 Å². The number of hydrogen-bond acceptors (Lipinski definition) is 7. The van der Waals surface area contributed by atoms with Crippen LogP contribution in [0.3, 0.4) is 0 Å². The van der Waals surface area contributed by atoms with Gasteiger partial charge in [0.2, 0.25) is 10.0 Å². The van der Waals surface area contributed by atoms with Crippen molar-refractivity contribution in [3.63, 3.8) is 0 Å². The van der Waals surface area contributed by atoms with Crippen LogP contribution in [0.4, 0.5) is 0 Å². The highest BCUT2D eigenvalue weighted by atomic mass is 35.5. The van der Waals surface area contributed by atoms with Gasteiger partial charge in [-0.05, 0) is 62.8 Å². The summed E-state index contributed by atoms with van der Waals surface area (Å²) in [5, 5.41) is 43.0. The third kappa shape index (κ3) is 4.94. The van der Waals surface area contributed by atoms with Gasteiger partial charge in [-0.25, -0.2) is 13.1 Å². The fraction of sp³-hybridized carbons (Fsp3) is 0.611. The van der Waals surface area contributed by atoms with Crippen LogP contribution < -0.4 is 4.72 Å². The van der Waals surface area contributed by atoms with E-state index in [1.807, 2.05) is 6.07 Å².